The van der Waals surface area contributed by atoms with Gasteiger partial charge in [0.05, 0.1) is 23.8 Å². The molecule has 3 aromatic rings. The lowest BCUT2D eigenvalue weighted by Crippen LogP contribution is -2.42. The third-order valence-corrected chi connectivity index (χ3v) is 8.00. The molecule has 2 aromatic carbocycles. The van der Waals surface area contributed by atoms with E-state index in [1.54, 1.807) is 36.1 Å². The molecule has 2 heterocycles. The summed E-state index contributed by atoms with van der Waals surface area (Å²) in [6.07, 6.45) is 5.27. The van der Waals surface area contributed by atoms with Gasteiger partial charge in [-0.05, 0) is 75.8 Å². The topological polar surface area (TPSA) is 73.7 Å². The normalized spacial score (nSPS) is 21.4. The van der Waals surface area contributed by atoms with Crippen LogP contribution in [-0.2, 0) is 22.4 Å². The van der Waals surface area contributed by atoms with Crippen LogP contribution in [0.5, 0.6) is 5.75 Å². The van der Waals surface area contributed by atoms with Gasteiger partial charge >= 0.3 is 12.7 Å². The summed E-state index contributed by atoms with van der Waals surface area (Å²) in [6.45, 7) is 0.811. The van der Waals surface area contributed by atoms with E-state index in [0.717, 1.165) is 72.2 Å². The van der Waals surface area contributed by atoms with Gasteiger partial charge in [0, 0.05) is 30.0 Å². The van der Waals surface area contributed by atoms with Crippen LogP contribution in [0.3, 0.4) is 0 Å². The molecule has 1 fully saturated rings. The summed E-state index contributed by atoms with van der Waals surface area (Å²) < 4.78 is 37.1. The number of ether oxygens (including phenoxy) is 2. The molecule has 9 heteroatoms. The second-order valence-electron chi connectivity index (χ2n) is 10.4. The molecule has 7 nitrogen and oxygen atoms in total. The van der Waals surface area contributed by atoms with Gasteiger partial charge in [0.2, 0.25) is 0 Å². The van der Waals surface area contributed by atoms with Gasteiger partial charge in [-0.25, -0.2) is 9.78 Å². The van der Waals surface area contributed by atoms with Crippen LogP contribution in [0.25, 0.3) is 11.0 Å². The number of Topliss-reactive ketones (excluding diaryl/α,β-unsaturated/α-hetero) is 1. The first-order chi connectivity index (χ1) is 18.3. The largest absolute Gasteiger partial charge is 0.452 e. The average molecular weight is 526 g/mol. The van der Waals surface area contributed by atoms with Crippen LogP contribution in [-0.4, -0.2) is 41.2 Å². The summed E-state index contributed by atoms with van der Waals surface area (Å²) in [5.41, 5.74) is 4.61. The van der Waals surface area contributed by atoms with E-state index in [2.05, 4.69) is 9.30 Å². The lowest BCUT2D eigenvalue weighted by molar-refractivity contribution is -0.122. The third kappa shape index (κ3) is 4.98. The maximum Gasteiger partial charge on any atom is 0.414 e. The predicted molar refractivity (Wildman–Crippen MR) is 140 cm³/mol. The molecule has 1 aromatic heterocycles. The minimum Gasteiger partial charge on any atom is -0.452 e. The summed E-state index contributed by atoms with van der Waals surface area (Å²) in [5.74, 6) is 1.21. The highest BCUT2D eigenvalue weighted by molar-refractivity contribution is 5.95. The summed E-state index contributed by atoms with van der Waals surface area (Å²) in [7, 11) is 1.39. The minimum atomic E-state index is -2.87. The van der Waals surface area contributed by atoms with E-state index in [9.17, 15) is 18.4 Å². The number of fused-ring (bicyclic) bond motifs is 3. The van der Waals surface area contributed by atoms with Crippen molar-refractivity contribution in [2.75, 3.05) is 12.0 Å². The number of alkyl halides is 2. The number of nitrogens with zero attached hydrogens (tertiary/aromatic N) is 3. The number of carbonyl (C=O) groups excluding carboxylic acids is 2. The molecule has 1 saturated carbocycles. The van der Waals surface area contributed by atoms with Crippen LogP contribution in [0.1, 0.15) is 68.9 Å². The second kappa shape index (κ2) is 10.7. The van der Waals surface area contributed by atoms with Gasteiger partial charge in [-0.1, -0.05) is 18.6 Å². The van der Waals surface area contributed by atoms with Crippen molar-refractivity contribution in [1.82, 2.24) is 9.55 Å². The van der Waals surface area contributed by atoms with Gasteiger partial charge in [0.25, 0.3) is 0 Å². The van der Waals surface area contributed by atoms with E-state index in [0.29, 0.717) is 6.42 Å². The lowest BCUT2D eigenvalue weighted by Gasteiger charge is -2.34. The van der Waals surface area contributed by atoms with Crippen LogP contribution in [0.15, 0.2) is 36.4 Å². The number of imidazole rings is 1. The minimum absolute atomic E-state index is 0.0117. The Balaban J connectivity index is 1.59. The number of hydrogen-bond acceptors (Lipinski definition) is 5. The number of aromatic nitrogens is 2. The molecule has 0 saturated heterocycles. The zero-order chi connectivity index (χ0) is 27.0. The summed E-state index contributed by atoms with van der Waals surface area (Å²) in [4.78, 5) is 31.7. The Labute approximate surface area is 220 Å². The Hall–Kier alpha value is -3.49. The fourth-order valence-corrected chi connectivity index (χ4v) is 6.09. The average Bonchev–Trinajstić information content (AvgIpc) is 3.27. The third-order valence-electron chi connectivity index (χ3n) is 8.00. The fraction of sp³-hybridized carbons (Fsp3) is 0.483. The number of anilines is 1. The molecule has 2 aliphatic rings. The smallest absolute Gasteiger partial charge is 0.414 e. The van der Waals surface area contributed by atoms with E-state index >= 15 is 0 Å². The molecular formula is C29H33F2N3O4. The van der Waals surface area contributed by atoms with E-state index < -0.39 is 6.61 Å². The molecule has 38 heavy (non-hydrogen) atoms. The maximum absolute atomic E-state index is 12.6. The lowest BCUT2D eigenvalue weighted by atomic mass is 9.83. The summed E-state index contributed by atoms with van der Waals surface area (Å²) in [6, 6.07) is 10.8. The van der Waals surface area contributed by atoms with E-state index in [1.165, 1.54) is 7.11 Å². The highest BCUT2D eigenvalue weighted by Crippen LogP contribution is 2.41. The SMILES string of the molecule is COC(=O)N1c2ccc3c(nc(Cc4ccc(OC(F)F)cc4)n3[C@@H]3CCC[C@@H](C(C)=O)C3)c2CC[C@@H]1C. The standard InChI is InChI=1S/C29H33F2N3O4/c1-17-7-12-23-24(33(17)29(36)37-3)13-14-25-27(23)32-26(15-19-8-10-22(11-9-19)38-28(30)31)34(25)21-6-4-5-20(16-21)18(2)35/h8-11,13-14,17,20-21,28H,4-7,12,15-16H2,1-3H3/t17-,20+,21+/m0/s1. The van der Waals surface area contributed by atoms with Crippen molar-refractivity contribution in [2.24, 2.45) is 5.92 Å². The van der Waals surface area contributed by atoms with Crippen molar-refractivity contribution in [3.63, 3.8) is 0 Å². The monoisotopic (exact) mass is 525 g/mol. The Kier molecular flexibility index (Phi) is 7.36. The number of ketones is 1. The molecule has 0 spiro atoms. The number of amides is 1. The molecule has 1 amide bonds. The van der Waals surface area contributed by atoms with Crippen molar-refractivity contribution in [1.29, 1.82) is 0 Å². The van der Waals surface area contributed by atoms with Gasteiger partial charge < -0.3 is 14.0 Å². The Morgan fingerprint density at radius 1 is 1.11 bits per heavy atom. The maximum atomic E-state index is 12.6. The quantitative estimate of drug-likeness (QED) is 0.370. The van der Waals surface area contributed by atoms with Crippen molar-refractivity contribution in [3.8, 4) is 5.75 Å². The highest BCUT2D eigenvalue weighted by Gasteiger charge is 2.33. The molecular weight excluding hydrogens is 492 g/mol. The predicted octanol–water partition coefficient (Wildman–Crippen LogP) is 6.46. The van der Waals surface area contributed by atoms with Crippen molar-refractivity contribution >= 4 is 28.6 Å². The Bertz CT molecular complexity index is 1340. The van der Waals surface area contributed by atoms with Crippen LogP contribution >= 0.6 is 0 Å². The second-order valence-corrected chi connectivity index (χ2v) is 10.4. The molecule has 0 radical (unpaired) electrons. The van der Waals surface area contributed by atoms with Crippen molar-refractivity contribution in [3.05, 3.63) is 53.3 Å². The number of aryl methyl sites for hydroxylation is 1. The summed E-state index contributed by atoms with van der Waals surface area (Å²) in [5, 5.41) is 0. The zero-order valence-electron chi connectivity index (χ0n) is 22.0. The Morgan fingerprint density at radius 3 is 2.55 bits per heavy atom. The van der Waals surface area contributed by atoms with Crippen molar-refractivity contribution in [2.45, 2.75) is 77.5 Å². The van der Waals surface area contributed by atoms with Gasteiger partial charge in [0.15, 0.2) is 0 Å². The number of carbonyl (C=O) groups is 2. The number of rotatable bonds is 6. The van der Waals surface area contributed by atoms with Gasteiger partial charge in [-0.15, -0.1) is 0 Å². The number of methoxy groups -OCH3 is 1. The molecule has 1 aliphatic heterocycles. The first-order valence-corrected chi connectivity index (χ1v) is 13.2. The molecule has 0 unspecified atom stereocenters. The highest BCUT2D eigenvalue weighted by atomic mass is 19.3. The Morgan fingerprint density at radius 2 is 1.87 bits per heavy atom. The van der Waals surface area contributed by atoms with E-state index in [4.69, 9.17) is 9.72 Å². The number of hydrogen-bond donors (Lipinski definition) is 0. The summed E-state index contributed by atoms with van der Waals surface area (Å²) >= 11 is 0. The first kappa shape index (κ1) is 26.1. The fourth-order valence-electron chi connectivity index (χ4n) is 6.09. The number of halogens is 2. The molecule has 0 bridgehead atoms. The molecule has 1 aliphatic carbocycles. The molecule has 5 rings (SSSR count). The van der Waals surface area contributed by atoms with Crippen LogP contribution < -0.4 is 9.64 Å². The van der Waals surface area contributed by atoms with Crippen LogP contribution in [0.2, 0.25) is 0 Å². The zero-order valence-corrected chi connectivity index (χ0v) is 22.0. The first-order valence-electron chi connectivity index (χ1n) is 13.2. The van der Waals surface area contributed by atoms with Gasteiger partial charge in [-0.2, -0.15) is 8.78 Å². The van der Waals surface area contributed by atoms with Crippen LogP contribution in [0.4, 0.5) is 19.3 Å². The molecule has 0 N–H and O–H groups in total. The number of benzene rings is 2. The molecule has 3 atom stereocenters. The van der Waals surface area contributed by atoms with Gasteiger partial charge in [0.1, 0.15) is 17.4 Å². The van der Waals surface area contributed by atoms with E-state index in [-0.39, 0.29) is 35.6 Å². The van der Waals surface area contributed by atoms with Crippen LogP contribution in [0, 0.1) is 5.92 Å². The van der Waals surface area contributed by atoms with Crippen molar-refractivity contribution < 1.29 is 27.8 Å². The molecule has 202 valence electrons. The van der Waals surface area contributed by atoms with E-state index in [1.807, 2.05) is 19.1 Å². The van der Waals surface area contributed by atoms with Gasteiger partial charge in [-0.3, -0.25) is 9.69 Å².